The summed E-state index contributed by atoms with van der Waals surface area (Å²) in [6, 6.07) is -11.9. The number of amides is 6. The van der Waals surface area contributed by atoms with Crippen LogP contribution >= 0.6 is 0 Å². The van der Waals surface area contributed by atoms with E-state index in [-0.39, 0.29) is 0 Å². The largest absolute Gasteiger partial charge is 0.477 e. The van der Waals surface area contributed by atoms with Gasteiger partial charge >= 0.3 is 11.9 Å². The average Bonchev–Trinajstić information content (AvgIpc) is 0.750. The summed E-state index contributed by atoms with van der Waals surface area (Å²) < 4.78 is 93.9. The summed E-state index contributed by atoms with van der Waals surface area (Å²) in [5.74, 6) is -17.9. The minimum atomic E-state index is -3.54. The Morgan fingerprint density at radius 2 is 0.705 bits per heavy atom. The predicted octanol–water partition coefficient (Wildman–Crippen LogP) is -23.8. The zero-order valence-electron chi connectivity index (χ0n) is 70.5. The summed E-state index contributed by atoms with van der Waals surface area (Å²) in [5, 5.41) is 345. The molecule has 0 aromatic carbocycles. The molecule has 60 heteroatoms. The van der Waals surface area contributed by atoms with Crippen LogP contribution in [-0.2, 0) is 114 Å². The number of carboxylic acid groups (broad SMARTS) is 2. The lowest BCUT2D eigenvalue weighted by Crippen LogP contribution is -2.72. The Morgan fingerprint density at radius 1 is 0.356 bits per heavy atom. The molecule has 8 rings (SSSR count). The van der Waals surface area contributed by atoms with Crippen molar-refractivity contribution in [3.8, 4) is 0 Å². The van der Waals surface area contributed by atoms with Gasteiger partial charge in [-0.3, -0.25) is 28.8 Å². The van der Waals surface area contributed by atoms with Crippen molar-refractivity contribution < 1.29 is 267 Å². The Bertz CT molecular complexity index is 3700. The van der Waals surface area contributed by atoms with E-state index >= 15 is 0 Å². The van der Waals surface area contributed by atoms with E-state index in [1.165, 1.54) is 0 Å². The third-order valence-corrected chi connectivity index (χ3v) is 23.0. The number of carbonyl (C=O) groups is 8. The van der Waals surface area contributed by atoms with Crippen molar-refractivity contribution in [2.75, 3.05) is 79.3 Å². The van der Waals surface area contributed by atoms with Crippen molar-refractivity contribution in [2.24, 2.45) is 0 Å². The number of rotatable bonds is 43. The first-order valence-corrected chi connectivity index (χ1v) is 41.1. The van der Waals surface area contributed by atoms with Crippen molar-refractivity contribution in [3.63, 3.8) is 0 Å². The maximum Gasteiger partial charge on any atom is 0.364 e. The van der Waals surface area contributed by atoms with Gasteiger partial charge in [-0.05, 0) is 0 Å². The number of aliphatic hydroxyl groups is 28. The van der Waals surface area contributed by atoms with E-state index in [1.54, 1.807) is 0 Å². The molecule has 762 valence electrons. The molecule has 46 atom stereocenters. The lowest BCUT2D eigenvalue weighted by atomic mass is 9.88. The molecule has 8 heterocycles. The number of hydrogen-bond acceptors (Lipinski definition) is 52. The molecular weight excluding hydrogens is 1810 g/mol. The Labute approximate surface area is 745 Å². The molecule has 36 N–H and O–H groups in total. The maximum atomic E-state index is 13.8. The lowest BCUT2D eigenvalue weighted by Gasteiger charge is -2.52. The highest BCUT2D eigenvalue weighted by atomic mass is 16.8. The van der Waals surface area contributed by atoms with Gasteiger partial charge in [0.25, 0.3) is 11.6 Å². The Morgan fingerprint density at radius 3 is 1.11 bits per heavy atom. The number of carboxylic acids is 2. The van der Waals surface area contributed by atoms with E-state index in [4.69, 9.17) is 75.8 Å². The van der Waals surface area contributed by atoms with Crippen molar-refractivity contribution in [1.82, 2.24) is 31.9 Å². The highest BCUT2D eigenvalue weighted by Gasteiger charge is 2.65. The Kier molecular flexibility index (Phi) is 41.3. The fourth-order valence-electron chi connectivity index (χ4n) is 16.3. The molecule has 8 aliphatic rings. The van der Waals surface area contributed by atoms with Crippen LogP contribution in [0.2, 0.25) is 0 Å². The van der Waals surface area contributed by atoms with Crippen LogP contribution in [0.15, 0.2) is 0 Å². The van der Waals surface area contributed by atoms with Crippen LogP contribution in [0.1, 0.15) is 40.5 Å². The quantitative estimate of drug-likeness (QED) is 0.0270. The van der Waals surface area contributed by atoms with Gasteiger partial charge in [0.05, 0.1) is 96.4 Å². The smallest absolute Gasteiger partial charge is 0.364 e. The van der Waals surface area contributed by atoms with Crippen LogP contribution < -0.4 is 31.9 Å². The molecule has 8 saturated heterocycles. The van der Waals surface area contributed by atoms with E-state index in [9.17, 15) is 192 Å². The molecule has 60 nitrogen and oxygen atoms in total. The molecule has 0 spiro atoms. The molecule has 0 bridgehead atoms. The first-order chi connectivity index (χ1) is 62.2. The zero-order chi connectivity index (χ0) is 98.5. The van der Waals surface area contributed by atoms with Crippen LogP contribution in [0.3, 0.4) is 0 Å². The highest BCUT2D eigenvalue weighted by Crippen LogP contribution is 2.44. The third kappa shape index (κ3) is 25.5. The topological polar surface area (TPSA) is 963 Å². The fraction of sp³-hybridized carbons (Fsp3) is 0.889. The average molecular weight is 1930 g/mol. The molecule has 0 radical (unpaired) electrons. The first-order valence-electron chi connectivity index (χ1n) is 41.1. The lowest BCUT2D eigenvalue weighted by molar-refractivity contribution is -0.401. The number of hydrogen-bond donors (Lipinski definition) is 36. The van der Waals surface area contributed by atoms with Gasteiger partial charge in [-0.2, -0.15) is 0 Å². The van der Waals surface area contributed by atoms with Gasteiger partial charge in [-0.15, -0.1) is 0 Å². The van der Waals surface area contributed by atoms with Gasteiger partial charge in [-0.1, -0.05) is 0 Å². The molecule has 132 heavy (non-hydrogen) atoms. The van der Waals surface area contributed by atoms with E-state index in [1.807, 2.05) is 0 Å². The number of nitrogens with one attached hydrogen (secondary N) is 6. The minimum Gasteiger partial charge on any atom is -0.477 e. The van der Waals surface area contributed by atoms with Crippen molar-refractivity contribution in [3.05, 3.63) is 0 Å². The number of carbonyl (C=O) groups excluding carboxylic acids is 6. The molecule has 8 aliphatic heterocycles. The molecule has 6 amide bonds. The standard InChI is InChI=1S/C72H120N6O54/c1-19(90)73-23(7-79)54(44(103)28(98)18-117-63-40(75-21(3)92)49(108)55(32(13-85)121-63)125-67-52(111)61(47(106)31(12-84)120-67)131-71(69(113)114)5-24(94)37(77-35(99)16-88)58(129-71)42(101)26(96)8-80)124-66-51(110)60(46(105)30(11-83)119-66)128-65-41(76-22(4)93)50(109)56(33(14-86)122-65)126-68-53(112)62(57(34(15-87)123-68)127-64-39(74-20(2)91)48(107)45(104)29(10-82)118-64)132-72(70(115)116)6-25(95)38(78-36(100)17-89)59(130-72)43(102)27(97)9-81/h23-34,37-68,79-89,94-98,101-112H,5-18H2,1-4H3,(H,73,90)(H,74,91)(H,75,92)(H,76,93)(H,77,99)(H,78,100)(H,113,114)(H,115,116)/t23-,24-,25-,26+,27+,28+,29+,30+,31+,32+,33+,34+,37+,38+,39+,40+,41+,42+,43+,44-,45-,46-,47-,48+,49+,50+,51+,52+,53+,54+,55+,56+,57-,58+,59+,60-,61-,62+,63+,64-,65-,66-,67-,68-,71-,72-/m0/s1. The molecule has 0 aromatic heterocycles. The van der Waals surface area contributed by atoms with Crippen molar-refractivity contribution >= 4 is 47.4 Å². The summed E-state index contributed by atoms with van der Waals surface area (Å²) in [6.45, 7) is -11.7. The van der Waals surface area contributed by atoms with Gasteiger partial charge in [0.15, 0.2) is 37.7 Å². The summed E-state index contributed by atoms with van der Waals surface area (Å²) in [6.07, 6.45) is -90.2. The number of aliphatic carboxylic acids is 2. The van der Waals surface area contributed by atoms with E-state index in [2.05, 4.69) is 31.9 Å². The zero-order valence-corrected chi connectivity index (χ0v) is 70.5. The van der Waals surface area contributed by atoms with Crippen LogP contribution in [0.25, 0.3) is 0 Å². The van der Waals surface area contributed by atoms with Gasteiger partial charge < -0.3 is 261 Å². The second-order valence-corrected chi connectivity index (χ2v) is 32.3. The van der Waals surface area contributed by atoms with Gasteiger partial charge in [0.1, 0.15) is 214 Å². The first kappa shape index (κ1) is 111. The molecule has 0 aliphatic carbocycles. The SMILES string of the molecule is CC(=O)N[C@H]1[C@H](OC[C@@H](O)[C@H](O)[C@H](O[C@@H]2O[C@H](CO)[C@H](O)[C@H](O[C@@H]3O[C@H](CO)[C@@H](O[C@@H]4O[C@H](CO)[C@H](O[C@@H]5O[C@H](CO)[C@H](O)[C@H](O)[C@H]5NC(C)=O)[C@H](O[C@]5(C(=O)O)C[C@H](O)[C@@H](NC(=O)CO)[C@H]([C@H](O)[C@H](O)CO)O5)[C@H]4O)[C@H](O)[C@H]3NC(C)=O)[C@H]2O)[C@H](CO)NC(C)=O)O[C@H](CO)[C@@H](O[C@@H]2O[C@H](CO)[C@H](O)[C@H](O[C@]3(C(=O)O)C[C@H](O)[C@@H](NC(=O)CO)[C@H]([C@H](O)[C@H](O)CO)O3)[C@H]2O)[C@@H]1O. The summed E-state index contributed by atoms with van der Waals surface area (Å²) in [7, 11) is 0. The summed E-state index contributed by atoms with van der Waals surface area (Å²) >= 11 is 0. The summed E-state index contributed by atoms with van der Waals surface area (Å²) in [5.41, 5.74) is 0. The molecular formula is C72H120N6O54. The maximum absolute atomic E-state index is 13.8. The summed E-state index contributed by atoms with van der Waals surface area (Å²) in [4.78, 5) is 103. The Balaban J connectivity index is 1.04. The second kappa shape index (κ2) is 49.0. The van der Waals surface area contributed by atoms with Crippen molar-refractivity contribution in [1.29, 1.82) is 0 Å². The highest BCUT2D eigenvalue weighted by molar-refractivity contribution is 5.79. The normalized spacial score (nSPS) is 41.6. The number of ether oxygens (including phenoxy) is 16. The predicted molar refractivity (Wildman–Crippen MR) is 406 cm³/mol. The fourth-order valence-corrected chi connectivity index (χ4v) is 16.3. The number of aliphatic hydroxyl groups excluding tert-OH is 28. The van der Waals surface area contributed by atoms with Gasteiger partial charge in [0.2, 0.25) is 35.4 Å². The van der Waals surface area contributed by atoms with Crippen LogP contribution in [0, 0.1) is 0 Å². The third-order valence-electron chi connectivity index (χ3n) is 23.0. The molecule has 8 fully saturated rings. The Hall–Kier alpha value is -6.00. The van der Waals surface area contributed by atoms with E-state index in [0.717, 1.165) is 27.7 Å². The van der Waals surface area contributed by atoms with E-state index < -0.39 is 420 Å². The molecule has 0 saturated carbocycles. The van der Waals surface area contributed by atoms with Crippen LogP contribution in [-0.4, -0.2) is 561 Å². The second-order valence-electron chi connectivity index (χ2n) is 32.3. The van der Waals surface area contributed by atoms with Crippen LogP contribution in [0.5, 0.6) is 0 Å². The van der Waals surface area contributed by atoms with E-state index in [0.29, 0.717) is 0 Å². The molecule has 0 unspecified atom stereocenters. The van der Waals surface area contributed by atoms with Crippen molar-refractivity contribution in [2.45, 2.75) is 321 Å². The van der Waals surface area contributed by atoms with Gasteiger partial charge in [-0.25, -0.2) is 9.59 Å². The van der Waals surface area contributed by atoms with Crippen LogP contribution in [0.4, 0.5) is 0 Å². The molecule has 0 aromatic rings. The van der Waals surface area contributed by atoms with Gasteiger partial charge in [0, 0.05) is 40.5 Å². The minimum absolute atomic E-state index is 0.841. The monoisotopic (exact) mass is 1930 g/mol.